The fraction of sp³-hybridized carbons (Fsp3) is 0.429. The number of aliphatic hydroxyl groups excluding tert-OH is 1. The zero-order chi connectivity index (χ0) is 24.5. The number of methoxy groups -OCH3 is 2. The van der Waals surface area contributed by atoms with Crippen LogP contribution in [0.2, 0.25) is 0 Å². The molecule has 1 fully saturated rings. The number of allylic oxidation sites excluding steroid dienone is 2. The number of aliphatic hydroxyl groups is 1. The molecule has 7 heteroatoms. The molecule has 2 aromatic carbocycles. The highest BCUT2D eigenvalue weighted by atomic mass is 16.6. The molecule has 0 amide bonds. The maximum atomic E-state index is 10.6. The number of nitrogens with zero attached hydrogens (tertiary/aromatic N) is 2. The van der Waals surface area contributed by atoms with Crippen molar-refractivity contribution in [2.45, 2.75) is 25.4 Å². The Morgan fingerprint density at radius 2 is 1.69 bits per heavy atom. The lowest BCUT2D eigenvalue weighted by Gasteiger charge is -2.37. The summed E-state index contributed by atoms with van der Waals surface area (Å²) in [5, 5.41) is 10.6. The normalized spacial score (nSPS) is 18.8. The Morgan fingerprint density at radius 3 is 2.46 bits per heavy atom. The quantitative estimate of drug-likeness (QED) is 0.502. The highest BCUT2D eigenvalue weighted by molar-refractivity contribution is 5.63. The maximum absolute atomic E-state index is 10.6. The van der Waals surface area contributed by atoms with Crippen LogP contribution >= 0.6 is 0 Å². The summed E-state index contributed by atoms with van der Waals surface area (Å²) in [6.45, 7) is 4.39. The highest BCUT2D eigenvalue weighted by Crippen LogP contribution is 2.29. The van der Waals surface area contributed by atoms with Crippen LogP contribution in [0.5, 0.6) is 11.5 Å². The number of hydrogen-bond donors (Lipinski definition) is 2. The van der Waals surface area contributed by atoms with Gasteiger partial charge in [0.25, 0.3) is 0 Å². The average molecular weight is 480 g/mol. The molecule has 7 nitrogen and oxygen atoms in total. The molecule has 0 radical (unpaired) electrons. The third-order valence-electron chi connectivity index (χ3n) is 6.54. The lowest BCUT2D eigenvalue weighted by atomic mass is 9.96. The van der Waals surface area contributed by atoms with Crippen molar-refractivity contribution in [2.75, 3.05) is 58.5 Å². The van der Waals surface area contributed by atoms with Crippen molar-refractivity contribution in [3.63, 3.8) is 0 Å². The van der Waals surface area contributed by atoms with E-state index >= 15 is 0 Å². The van der Waals surface area contributed by atoms with E-state index < -0.39 is 6.10 Å². The number of anilines is 1. The van der Waals surface area contributed by atoms with Gasteiger partial charge < -0.3 is 19.5 Å². The molecule has 2 aliphatic rings. The van der Waals surface area contributed by atoms with E-state index in [2.05, 4.69) is 39.6 Å². The van der Waals surface area contributed by atoms with Crippen molar-refractivity contribution < 1.29 is 19.4 Å². The maximum Gasteiger partial charge on any atom is 0.142 e. The number of ether oxygens (including phenoxy) is 2. The topological polar surface area (TPSA) is 66.4 Å². The Balaban J connectivity index is 1.24. The van der Waals surface area contributed by atoms with E-state index in [1.807, 2.05) is 36.4 Å². The molecule has 1 heterocycles. The van der Waals surface area contributed by atoms with Crippen LogP contribution in [0.25, 0.3) is 6.08 Å². The van der Waals surface area contributed by atoms with Crippen LogP contribution in [0.15, 0.2) is 65.9 Å². The van der Waals surface area contributed by atoms with Crippen molar-refractivity contribution in [3.05, 3.63) is 71.4 Å². The zero-order valence-corrected chi connectivity index (χ0v) is 20.8. The summed E-state index contributed by atoms with van der Waals surface area (Å²) in [6, 6.07) is 16.1. The molecule has 1 aliphatic carbocycles. The smallest absolute Gasteiger partial charge is 0.142 e. The summed E-state index contributed by atoms with van der Waals surface area (Å²) in [5.41, 5.74) is 7.42. The van der Waals surface area contributed by atoms with E-state index in [4.69, 9.17) is 14.3 Å². The summed E-state index contributed by atoms with van der Waals surface area (Å²) < 4.78 is 11.0. The van der Waals surface area contributed by atoms with Gasteiger partial charge in [-0.2, -0.15) is 0 Å². The van der Waals surface area contributed by atoms with Gasteiger partial charge >= 0.3 is 0 Å². The largest absolute Gasteiger partial charge is 0.496 e. The molecule has 2 aromatic rings. The molecule has 0 saturated carbocycles. The lowest BCUT2D eigenvalue weighted by molar-refractivity contribution is -0.0185. The average Bonchev–Trinajstić information content (AvgIpc) is 2.90. The third kappa shape index (κ3) is 6.78. The van der Waals surface area contributed by atoms with Crippen LogP contribution in [0.3, 0.4) is 0 Å². The minimum Gasteiger partial charge on any atom is -0.496 e. The second-order valence-electron chi connectivity index (χ2n) is 8.95. The minimum absolute atomic E-state index is 0.228. The number of rotatable bonds is 10. The van der Waals surface area contributed by atoms with Crippen LogP contribution in [0, 0.1) is 0 Å². The number of nitrogens with one attached hydrogen (secondary N) is 1. The second-order valence-corrected chi connectivity index (χ2v) is 8.95. The van der Waals surface area contributed by atoms with Crippen LogP contribution in [0.1, 0.15) is 24.8 Å². The first-order valence-electron chi connectivity index (χ1n) is 12.4. The molecule has 0 spiro atoms. The molecular weight excluding hydrogens is 442 g/mol. The van der Waals surface area contributed by atoms with Gasteiger partial charge in [0.15, 0.2) is 0 Å². The van der Waals surface area contributed by atoms with Crippen LogP contribution in [-0.2, 0) is 4.84 Å². The number of β-amino-alcohol motifs (C(OH)–C–C–N with tert-alkyl or cyclic N) is 1. The number of hydrogen-bond acceptors (Lipinski definition) is 7. The molecule has 4 rings (SSSR count). The molecule has 0 bridgehead atoms. The van der Waals surface area contributed by atoms with Crippen molar-refractivity contribution in [1.82, 2.24) is 10.4 Å². The Labute approximate surface area is 208 Å². The number of para-hydroxylation sites is 3. The summed E-state index contributed by atoms with van der Waals surface area (Å²) in [5.74, 6) is 1.75. The standard InChI is InChI=1S/C28H37N3O4/c1-33-27-13-7-4-10-23(27)19-22-9-3-5-11-25(22)29-35-21-24(32)20-30-15-17-31(18-16-30)26-12-6-8-14-28(26)34-2/h4,6-8,10-14,19,24,29,32H,3,5,9,15-18,20-21H2,1-2H3/t24-/m1/s1. The molecule has 188 valence electrons. The van der Waals surface area contributed by atoms with Crippen LogP contribution < -0.4 is 19.9 Å². The molecular formula is C28H37N3O4. The fourth-order valence-corrected chi connectivity index (χ4v) is 4.66. The third-order valence-corrected chi connectivity index (χ3v) is 6.54. The van der Waals surface area contributed by atoms with Gasteiger partial charge in [-0.3, -0.25) is 15.2 Å². The second kappa shape index (κ2) is 12.6. The minimum atomic E-state index is -0.564. The molecule has 2 N–H and O–H groups in total. The number of benzene rings is 2. The Hall–Kier alpha value is -3.00. The molecule has 0 aromatic heterocycles. The van der Waals surface area contributed by atoms with Gasteiger partial charge in [-0.05, 0) is 49.1 Å². The summed E-state index contributed by atoms with van der Waals surface area (Å²) >= 11 is 0. The highest BCUT2D eigenvalue weighted by Gasteiger charge is 2.21. The summed E-state index contributed by atoms with van der Waals surface area (Å²) in [4.78, 5) is 10.4. The van der Waals surface area contributed by atoms with E-state index in [1.165, 1.54) is 5.57 Å². The molecule has 1 atom stereocenters. The SMILES string of the molecule is COc1ccccc1C=C1CCCC=C1NOC[C@H](O)CN1CCN(c2ccccc2OC)CC1. The summed E-state index contributed by atoms with van der Waals surface area (Å²) in [6.07, 6.45) is 6.83. The van der Waals surface area contributed by atoms with E-state index in [0.717, 1.165) is 73.9 Å². The van der Waals surface area contributed by atoms with Gasteiger partial charge in [-0.15, -0.1) is 0 Å². The first-order chi connectivity index (χ1) is 17.2. The predicted molar refractivity (Wildman–Crippen MR) is 140 cm³/mol. The number of hydroxylamine groups is 1. The zero-order valence-electron chi connectivity index (χ0n) is 20.8. The molecule has 1 saturated heterocycles. The summed E-state index contributed by atoms with van der Waals surface area (Å²) in [7, 11) is 3.40. The first-order valence-corrected chi connectivity index (χ1v) is 12.4. The van der Waals surface area contributed by atoms with Gasteiger partial charge in [0.1, 0.15) is 18.1 Å². The predicted octanol–water partition coefficient (Wildman–Crippen LogP) is 3.86. The van der Waals surface area contributed by atoms with Crippen molar-refractivity contribution in [1.29, 1.82) is 0 Å². The Morgan fingerprint density at radius 1 is 0.971 bits per heavy atom. The van der Waals surface area contributed by atoms with Gasteiger partial charge in [-0.1, -0.05) is 36.4 Å². The lowest BCUT2D eigenvalue weighted by Crippen LogP contribution is -2.49. The van der Waals surface area contributed by atoms with E-state index in [-0.39, 0.29) is 6.61 Å². The first kappa shape index (κ1) is 25.1. The van der Waals surface area contributed by atoms with Crippen LogP contribution in [-0.4, -0.2) is 69.7 Å². The van der Waals surface area contributed by atoms with Crippen molar-refractivity contribution >= 4 is 11.8 Å². The van der Waals surface area contributed by atoms with Crippen molar-refractivity contribution in [2.24, 2.45) is 0 Å². The van der Waals surface area contributed by atoms with Gasteiger partial charge in [0.05, 0.1) is 31.7 Å². The molecule has 1 aliphatic heterocycles. The van der Waals surface area contributed by atoms with Crippen molar-refractivity contribution in [3.8, 4) is 11.5 Å². The van der Waals surface area contributed by atoms with Crippen LogP contribution in [0.4, 0.5) is 5.69 Å². The van der Waals surface area contributed by atoms with E-state index in [9.17, 15) is 5.11 Å². The molecule has 35 heavy (non-hydrogen) atoms. The van der Waals surface area contributed by atoms with Gasteiger partial charge in [0.2, 0.25) is 0 Å². The van der Waals surface area contributed by atoms with Gasteiger partial charge in [-0.25, -0.2) is 0 Å². The fourth-order valence-electron chi connectivity index (χ4n) is 4.66. The number of piperazine rings is 1. The van der Waals surface area contributed by atoms with E-state index in [1.54, 1.807) is 14.2 Å². The van der Waals surface area contributed by atoms with Gasteiger partial charge in [0, 0.05) is 38.3 Å². The Bertz CT molecular complexity index is 1010. The Kier molecular flexibility index (Phi) is 9.06. The van der Waals surface area contributed by atoms with E-state index in [0.29, 0.717) is 6.54 Å². The molecule has 0 unspecified atom stereocenters. The monoisotopic (exact) mass is 479 g/mol.